The molecule has 7 heteroatoms. The zero-order valence-electron chi connectivity index (χ0n) is 13.2. The summed E-state index contributed by atoms with van der Waals surface area (Å²) >= 11 is 5.42. The van der Waals surface area contributed by atoms with E-state index in [1.165, 1.54) is 0 Å². The van der Waals surface area contributed by atoms with Gasteiger partial charge in [0.1, 0.15) is 6.54 Å². The number of hydrogen-bond acceptors (Lipinski definition) is 4. The highest BCUT2D eigenvalue weighted by molar-refractivity contribution is 7.80. The molecule has 0 aromatic carbocycles. The van der Waals surface area contributed by atoms with Crippen molar-refractivity contribution in [3.05, 3.63) is 34.2 Å². The van der Waals surface area contributed by atoms with Crippen molar-refractivity contribution < 1.29 is 9.53 Å². The molecule has 1 unspecified atom stereocenters. The molecule has 1 aromatic heterocycles. The number of likely N-dealkylation sites (tertiary alicyclic amines) is 1. The maximum Gasteiger partial charge on any atom is 0.325 e. The van der Waals surface area contributed by atoms with Crippen molar-refractivity contribution in [2.24, 2.45) is 5.92 Å². The van der Waals surface area contributed by atoms with Crippen LogP contribution in [0, 0.1) is 5.92 Å². The van der Waals surface area contributed by atoms with E-state index in [9.17, 15) is 9.59 Å². The number of piperidine rings is 1. The fourth-order valence-electron chi connectivity index (χ4n) is 3.53. The van der Waals surface area contributed by atoms with E-state index in [1.807, 2.05) is 16.7 Å². The molecule has 1 saturated heterocycles. The highest BCUT2D eigenvalue weighted by Gasteiger charge is 2.35. The summed E-state index contributed by atoms with van der Waals surface area (Å²) in [5, 5.41) is 3.56. The zero-order chi connectivity index (χ0) is 16.4. The van der Waals surface area contributed by atoms with E-state index in [1.54, 1.807) is 13.0 Å². The molecule has 2 aliphatic heterocycles. The molecular formula is C16H21N3O3S. The molecule has 3 rings (SSSR count). The summed E-state index contributed by atoms with van der Waals surface area (Å²) in [7, 11) is 0. The number of carbonyl (C=O) groups is 1. The third-order valence-corrected chi connectivity index (χ3v) is 4.86. The van der Waals surface area contributed by atoms with Gasteiger partial charge in [-0.25, -0.2) is 0 Å². The highest BCUT2D eigenvalue weighted by Crippen LogP contribution is 2.34. The summed E-state index contributed by atoms with van der Waals surface area (Å²) in [4.78, 5) is 25.5. The molecule has 0 spiro atoms. The predicted molar refractivity (Wildman–Crippen MR) is 90.4 cm³/mol. The zero-order valence-corrected chi connectivity index (χ0v) is 14.0. The van der Waals surface area contributed by atoms with E-state index in [-0.39, 0.29) is 18.1 Å². The largest absolute Gasteiger partial charge is 0.465 e. The molecule has 2 atom stereocenters. The Hall–Kier alpha value is -1.89. The summed E-state index contributed by atoms with van der Waals surface area (Å²) in [5.74, 6) is 0.409. The number of carbonyl (C=O) groups excluding carboxylic acids is 1. The Morgan fingerprint density at radius 2 is 2.22 bits per heavy atom. The smallest absolute Gasteiger partial charge is 0.325 e. The van der Waals surface area contributed by atoms with E-state index in [4.69, 9.17) is 17.0 Å². The molecule has 6 nitrogen and oxygen atoms in total. The number of ether oxygens (including phenoxy) is 1. The molecule has 124 valence electrons. The second kappa shape index (κ2) is 6.70. The summed E-state index contributed by atoms with van der Waals surface area (Å²) in [6.07, 6.45) is 1.08. The maximum absolute atomic E-state index is 12.0. The topological polar surface area (TPSA) is 63.6 Å². The van der Waals surface area contributed by atoms with Gasteiger partial charge in [-0.1, -0.05) is 6.07 Å². The van der Waals surface area contributed by atoms with Gasteiger partial charge in [0.25, 0.3) is 5.56 Å². The molecule has 0 aliphatic carbocycles. The van der Waals surface area contributed by atoms with Crippen LogP contribution in [-0.4, -0.2) is 46.8 Å². The van der Waals surface area contributed by atoms with Crippen LogP contribution in [0.1, 0.15) is 25.0 Å². The van der Waals surface area contributed by atoms with Crippen LogP contribution in [0.25, 0.3) is 0 Å². The Bertz CT molecular complexity index is 673. The monoisotopic (exact) mass is 335 g/mol. The molecule has 0 amide bonds. The van der Waals surface area contributed by atoms with Crippen LogP contribution in [-0.2, 0) is 16.1 Å². The summed E-state index contributed by atoms with van der Waals surface area (Å²) in [6.45, 7) is 4.56. The molecule has 1 fully saturated rings. The van der Waals surface area contributed by atoms with Gasteiger partial charge in [0.2, 0.25) is 0 Å². The van der Waals surface area contributed by atoms with Crippen molar-refractivity contribution in [1.29, 1.82) is 0 Å². The van der Waals surface area contributed by atoms with Crippen LogP contribution in [0.3, 0.4) is 0 Å². The minimum Gasteiger partial charge on any atom is -0.465 e. The Labute approximate surface area is 140 Å². The summed E-state index contributed by atoms with van der Waals surface area (Å²) in [5.41, 5.74) is 1.17. The van der Waals surface area contributed by atoms with Gasteiger partial charge in [-0.2, -0.15) is 0 Å². The predicted octanol–water partition coefficient (Wildman–Crippen LogP) is 0.705. The van der Waals surface area contributed by atoms with Crippen LogP contribution in [0.4, 0.5) is 0 Å². The Morgan fingerprint density at radius 3 is 3.00 bits per heavy atom. The molecule has 2 bridgehead atoms. The third kappa shape index (κ3) is 3.39. The lowest BCUT2D eigenvalue weighted by atomic mass is 9.83. The Balaban J connectivity index is 1.66. The minimum absolute atomic E-state index is 0.0775. The normalized spacial score (nSPS) is 22.2. The standard InChI is InChI=1S/C16H21N3O3S/c1-2-22-15(21)7-17-16(23)18-8-11-6-12(10-18)13-4-3-5-14(20)19(13)9-11/h3-5,11-12H,2,6-10H2,1H3,(H,17,23)/t11-,12?/m1/s1. The van der Waals surface area contributed by atoms with Gasteiger partial charge in [0.15, 0.2) is 5.11 Å². The lowest BCUT2D eigenvalue weighted by Crippen LogP contribution is -2.52. The molecule has 2 aliphatic rings. The first kappa shape index (κ1) is 16.0. The van der Waals surface area contributed by atoms with E-state index in [2.05, 4.69) is 10.2 Å². The SMILES string of the molecule is CCOC(=O)CNC(=S)N1CC2C[C@H](C1)Cn1c2cccc1=O. The number of esters is 1. The number of thiocarbonyl (C=S) groups is 1. The number of nitrogens with one attached hydrogen (secondary N) is 1. The molecule has 1 aromatic rings. The van der Waals surface area contributed by atoms with Gasteiger partial charge in [0, 0.05) is 37.3 Å². The molecule has 0 radical (unpaired) electrons. The lowest BCUT2D eigenvalue weighted by molar-refractivity contribution is -0.141. The highest BCUT2D eigenvalue weighted by atomic mass is 32.1. The summed E-state index contributed by atoms with van der Waals surface area (Å²) < 4.78 is 6.79. The fraction of sp³-hybridized carbons (Fsp3) is 0.562. The van der Waals surface area contributed by atoms with Crippen molar-refractivity contribution >= 4 is 23.3 Å². The van der Waals surface area contributed by atoms with E-state index >= 15 is 0 Å². The van der Waals surface area contributed by atoms with E-state index < -0.39 is 0 Å². The molecule has 1 N–H and O–H groups in total. The van der Waals surface area contributed by atoms with Crippen LogP contribution in [0.2, 0.25) is 0 Å². The van der Waals surface area contributed by atoms with Gasteiger partial charge in [-0.3, -0.25) is 9.59 Å². The number of aromatic nitrogens is 1. The maximum atomic E-state index is 12.0. The number of fused-ring (bicyclic) bond motifs is 4. The Morgan fingerprint density at radius 1 is 1.39 bits per heavy atom. The quantitative estimate of drug-likeness (QED) is 0.648. The molecule has 23 heavy (non-hydrogen) atoms. The Kier molecular flexibility index (Phi) is 4.66. The van der Waals surface area contributed by atoms with Crippen molar-refractivity contribution in [1.82, 2.24) is 14.8 Å². The molecular weight excluding hydrogens is 314 g/mol. The first-order valence-corrected chi connectivity index (χ1v) is 8.37. The number of hydrogen-bond donors (Lipinski definition) is 1. The number of rotatable bonds is 3. The van der Waals surface area contributed by atoms with Gasteiger partial charge < -0.3 is 19.5 Å². The van der Waals surface area contributed by atoms with Gasteiger partial charge in [-0.15, -0.1) is 0 Å². The van der Waals surface area contributed by atoms with Crippen molar-refractivity contribution in [3.63, 3.8) is 0 Å². The minimum atomic E-state index is -0.302. The second-order valence-corrected chi connectivity index (χ2v) is 6.45. The number of pyridine rings is 1. The van der Waals surface area contributed by atoms with Crippen molar-refractivity contribution in [2.75, 3.05) is 26.2 Å². The van der Waals surface area contributed by atoms with Crippen LogP contribution in [0.15, 0.2) is 23.0 Å². The summed E-state index contributed by atoms with van der Waals surface area (Å²) in [6, 6.07) is 5.47. The van der Waals surface area contributed by atoms with Crippen molar-refractivity contribution in [3.8, 4) is 0 Å². The van der Waals surface area contributed by atoms with Crippen LogP contribution in [0.5, 0.6) is 0 Å². The third-order valence-electron chi connectivity index (χ3n) is 4.46. The van der Waals surface area contributed by atoms with E-state index in [0.29, 0.717) is 23.6 Å². The first-order chi connectivity index (χ1) is 11.1. The average molecular weight is 335 g/mol. The van der Waals surface area contributed by atoms with Gasteiger partial charge >= 0.3 is 5.97 Å². The van der Waals surface area contributed by atoms with Crippen molar-refractivity contribution in [2.45, 2.75) is 25.8 Å². The van der Waals surface area contributed by atoms with Gasteiger partial charge in [-0.05, 0) is 37.5 Å². The second-order valence-electron chi connectivity index (χ2n) is 6.07. The lowest BCUT2D eigenvalue weighted by Gasteiger charge is -2.43. The molecule has 0 saturated carbocycles. The molecule has 3 heterocycles. The van der Waals surface area contributed by atoms with Crippen LogP contribution < -0.4 is 10.9 Å². The van der Waals surface area contributed by atoms with Gasteiger partial charge in [0.05, 0.1) is 6.61 Å². The fourth-order valence-corrected chi connectivity index (χ4v) is 3.76. The average Bonchev–Trinajstić information content (AvgIpc) is 2.54. The number of nitrogens with zero attached hydrogens (tertiary/aromatic N) is 2. The van der Waals surface area contributed by atoms with Crippen LogP contribution >= 0.6 is 12.2 Å². The first-order valence-electron chi connectivity index (χ1n) is 7.96. The van der Waals surface area contributed by atoms with E-state index in [0.717, 1.165) is 31.7 Å².